The Morgan fingerprint density at radius 2 is 0.727 bits per heavy atom. The number of amidine groups is 1. The van der Waals surface area contributed by atoms with Gasteiger partial charge in [0.15, 0.2) is 28.9 Å². The third-order valence-electron chi connectivity index (χ3n) is 20.7. The first-order valence-electron chi connectivity index (χ1n) is 45.8. The number of amides is 4. The number of ketones is 5. The number of nitrogens with one attached hydrogen (secondary N) is 5. The molecule has 0 radical (unpaired) electrons. The predicted molar refractivity (Wildman–Crippen MR) is 575 cm³/mol. The summed E-state index contributed by atoms with van der Waals surface area (Å²) < 4.78 is 33.7. The molecule has 0 spiro atoms. The van der Waals surface area contributed by atoms with Crippen LogP contribution in [0.4, 0.5) is 0 Å². The molecule has 9 rings (SSSR count). The van der Waals surface area contributed by atoms with E-state index in [4.69, 9.17) is 96.0 Å². The quantitative estimate of drug-likeness (QED) is 0.00238. The molecule has 1 heterocycles. The Balaban J connectivity index is 0. The zero-order valence-electron chi connectivity index (χ0n) is 87.4. The Morgan fingerprint density at radius 1 is 0.469 bits per heavy atom. The van der Waals surface area contributed by atoms with Gasteiger partial charge in [-0.3, -0.25) is 58.3 Å². The molecule has 4 atom stereocenters. The molecule has 1 aliphatic rings. The average Bonchev–Trinajstić information content (AvgIpc) is 1.57. The van der Waals surface area contributed by atoms with Gasteiger partial charge in [-0.15, -0.1) is 12.4 Å². The smallest absolute Gasteiger partial charge is 1.00 e. The zero-order chi connectivity index (χ0) is 105. The molecule has 34 heteroatoms. The number of ether oxygens (including phenoxy) is 6. The van der Waals surface area contributed by atoms with Gasteiger partial charge in [-0.2, -0.15) is 0 Å². The van der Waals surface area contributed by atoms with E-state index >= 15 is 0 Å². The van der Waals surface area contributed by atoms with Gasteiger partial charge in [-0.25, -0.2) is 0 Å². The molecule has 25 nitrogen and oxygen atoms in total. The van der Waals surface area contributed by atoms with E-state index in [2.05, 4.69) is 109 Å². The molecule has 1 aliphatic heterocycles. The Hall–Kier alpha value is -7.74. The summed E-state index contributed by atoms with van der Waals surface area (Å²) >= 11 is 31.6. The number of alkyl halides is 1. The minimum absolute atomic E-state index is 0. The van der Waals surface area contributed by atoms with Crippen molar-refractivity contribution >= 4 is 173 Å². The van der Waals surface area contributed by atoms with Crippen LogP contribution in [0.15, 0.2) is 204 Å². The molecule has 8 aromatic carbocycles. The van der Waals surface area contributed by atoms with E-state index in [9.17, 15) is 43.2 Å². The van der Waals surface area contributed by atoms with E-state index in [0.29, 0.717) is 109 Å². The third-order valence-corrected chi connectivity index (χ3v) is 22.9. The van der Waals surface area contributed by atoms with Crippen LogP contribution in [0.1, 0.15) is 236 Å². The summed E-state index contributed by atoms with van der Waals surface area (Å²) in [4.78, 5) is 129. The monoisotopic (exact) mass is 2240 g/mol. The largest absolute Gasteiger partial charge is 1.00 e. The molecule has 0 bridgehead atoms. The van der Waals surface area contributed by atoms with Gasteiger partial charge < -0.3 is 67.0 Å². The van der Waals surface area contributed by atoms with Crippen LogP contribution in [0.25, 0.3) is 11.3 Å². The van der Waals surface area contributed by atoms with E-state index in [1.807, 2.05) is 176 Å². The van der Waals surface area contributed by atoms with Gasteiger partial charge in [0.1, 0.15) is 28.8 Å². The number of Topliss-reactive ketones (excluding diaryl/α,β-unsaturated/α-hetero) is 5. The fraction of sp³-hybridized carbons (Fsp3) is 0.394. The van der Waals surface area contributed by atoms with Crippen LogP contribution in [0.2, 0.25) is 20.1 Å². The number of hydrogen-bond donors (Lipinski definition) is 6. The number of nitrogens with zero attached hydrogens (tertiary/aromatic N) is 1. The Kier molecular flexibility index (Phi) is 66.4. The van der Waals surface area contributed by atoms with Gasteiger partial charge in [0.25, 0.3) is 6.47 Å². The minimum Gasteiger partial charge on any atom is -1.00 e. The van der Waals surface area contributed by atoms with Crippen LogP contribution in [-0.4, -0.2) is 142 Å². The second-order valence-electron chi connectivity index (χ2n) is 35.6. The summed E-state index contributed by atoms with van der Waals surface area (Å²) in [6, 6.07) is 50.5. The Bertz CT molecular complexity index is 5530. The number of nitrogens with two attached hydrogens (primary N) is 1. The summed E-state index contributed by atoms with van der Waals surface area (Å²) in [6.07, 6.45) is 4.83. The van der Waals surface area contributed by atoms with Crippen molar-refractivity contribution in [3.8, 4) is 23.0 Å². The van der Waals surface area contributed by atoms with Gasteiger partial charge in [0, 0.05) is 145 Å². The molecule has 8 aromatic rings. The Labute approximate surface area is 974 Å². The molecule has 7 N–H and O–H groups in total. The summed E-state index contributed by atoms with van der Waals surface area (Å²) in [7, 11) is 6.30. The number of carbonyl (C=O) groups is 10. The summed E-state index contributed by atoms with van der Waals surface area (Å²) in [5.41, 5.74) is 15.7. The molecule has 4 amide bonds. The maximum Gasteiger partial charge on any atom is 1.00 e. The van der Waals surface area contributed by atoms with Crippen LogP contribution >= 0.6 is 90.7 Å². The first kappa shape index (κ1) is 135. The maximum absolute atomic E-state index is 13.0. The molecule has 768 valence electrons. The van der Waals surface area contributed by atoms with E-state index in [1.54, 1.807) is 113 Å². The minimum atomic E-state index is -0.536. The van der Waals surface area contributed by atoms with E-state index in [0.717, 1.165) is 56.6 Å². The SMILES string of the molecule is C=C(C)OCC.C=C(OCC)c1ccc(CC(CC(=O)c2ccc(OC(C)C)c(Cl)c2)C(=O)NC)cc1.CC(C)(C)C(=N)N.CNC(=O)C(CC(=O)c1ccc(OC(C)C)c(Cl)c1)Cc1ccc(Br)cc1.CNC(=O)C(CC(=O)c1ccc(OC(C)C)c(Cl)c1)Cc1ccc(C(=O)CBr)cc1.CNC(=O)C(CC(=O)c1ccc(OC(C)C)c(Cl)c1)Cc1ccc(C2=CN=C(C(C)(C)C)C2)cc1.Cl.O=CO[O-].[H-].[K+].[K+]. The number of benzene rings is 8. The van der Waals surface area contributed by atoms with E-state index in [1.165, 1.54) is 11.3 Å². The summed E-state index contributed by atoms with van der Waals surface area (Å²) in [6.45, 7) is 41.7. The number of rotatable bonds is 41. The van der Waals surface area contributed by atoms with Crippen molar-refractivity contribution in [2.24, 2.45) is 45.2 Å². The molecule has 0 aromatic heterocycles. The summed E-state index contributed by atoms with van der Waals surface area (Å²) in [5.74, 6) is 0.516. The molecular formula is C109H138Br2Cl5K2N7O18. The normalized spacial score (nSPS) is 11.8. The average molecular weight is 2250 g/mol. The summed E-state index contributed by atoms with van der Waals surface area (Å²) in [5, 5.41) is 27.7. The van der Waals surface area contributed by atoms with Crippen LogP contribution in [0.5, 0.6) is 23.0 Å². The molecule has 143 heavy (non-hydrogen) atoms. The molecular weight excluding hydrogens is 2110 g/mol. The first-order chi connectivity index (χ1) is 65.9. The number of halogens is 7. The van der Waals surface area contributed by atoms with Crippen LogP contribution in [0.3, 0.4) is 0 Å². The van der Waals surface area contributed by atoms with E-state index < -0.39 is 23.7 Å². The fourth-order valence-corrected chi connectivity index (χ4v) is 14.7. The van der Waals surface area contributed by atoms with Crippen molar-refractivity contribution in [1.29, 1.82) is 5.41 Å². The van der Waals surface area contributed by atoms with Gasteiger partial charge in [0.2, 0.25) is 23.6 Å². The molecule has 0 aliphatic carbocycles. The third kappa shape index (κ3) is 51.2. The number of carbonyl (C=O) groups excluding carboxylic acids is 10. The number of allylic oxidation sites excluding steroid dienone is 2. The van der Waals surface area contributed by atoms with Crippen molar-refractivity contribution in [3.63, 3.8) is 0 Å². The van der Waals surface area contributed by atoms with Gasteiger partial charge in [0.05, 0.1) is 74.6 Å². The zero-order valence-corrected chi connectivity index (χ0v) is 99.6. The van der Waals surface area contributed by atoms with Crippen molar-refractivity contribution in [3.05, 3.63) is 281 Å². The second-order valence-corrected chi connectivity index (χ2v) is 38.7. The fourth-order valence-electron chi connectivity index (χ4n) is 13.2. The van der Waals surface area contributed by atoms with Crippen molar-refractivity contribution in [2.75, 3.05) is 46.7 Å². The molecule has 0 saturated heterocycles. The van der Waals surface area contributed by atoms with Crippen LogP contribution < -0.4 is 154 Å². The second kappa shape index (κ2) is 70.2. The Morgan fingerprint density at radius 3 is 0.937 bits per heavy atom. The van der Waals surface area contributed by atoms with Gasteiger partial charge in [-0.05, 0) is 220 Å². The molecule has 0 saturated carbocycles. The predicted octanol–water partition coefficient (Wildman–Crippen LogP) is 17.3. The molecule has 4 unspecified atom stereocenters. The van der Waals surface area contributed by atoms with Gasteiger partial charge >= 0.3 is 103 Å². The van der Waals surface area contributed by atoms with E-state index in [-0.39, 0.29) is 248 Å². The number of aliphatic imine (C=N–C) groups is 1. The van der Waals surface area contributed by atoms with Crippen molar-refractivity contribution in [1.82, 2.24) is 21.3 Å². The van der Waals surface area contributed by atoms with Crippen LogP contribution in [0, 0.1) is 39.9 Å². The van der Waals surface area contributed by atoms with Crippen molar-refractivity contribution in [2.45, 2.75) is 200 Å². The maximum atomic E-state index is 13.0. The topological polar surface area (TPSA) is 369 Å². The van der Waals surface area contributed by atoms with Crippen LogP contribution in [-0.2, 0) is 64.0 Å². The standard InChI is InChI=1S/C29H35ClN2O3.C25H30ClNO4.C23H25BrClNO4.C21H23BrClNO3.C5H12N2.C5H10O.CH2O3.ClH.2K.H/c1-18(2)35-26-12-11-21(14-24(26)30)25(33)15-22(28(34)31-6)13-19-7-9-20(10-8-19)23-16-27(32-17-23)29(3,4)5;1-6-30-17(4)19-9-7-18(8-10-19)13-21(25(29)27-5)15-23(28)20-11-12-24(22(26)14-20)31-16(2)3;1-14(2)30-22-9-8-17(11-19(22)25)20(27)12-18(23(29)26-3)10-15-4-6-16(7-5-15)21(28)13-24;1-13(2)27-20-9-6-15(11-18(20)23)19(25)12-16(21(26)24-3)10-14-4-7-17(22)8-5-14;1-5(2,3)4(6)7;1-4-6-5(2)3;2-1-4-3;;;;/h7-12,14,17-18,22H,13,15-16H2,1-6H3,(H,31,34);7-12,14,16,21H,4,6,13,15H2,1-3,5H3,(H,27,29);4-9,11,14,18H,10,12-13H2,1-3H3,(H,26,29);4-9,11,13,16H,10,12H2,1-3H3,(H,24,26);1-3H3,(H3,6,7);2,4H2,1,3H3;1,3H;1H;;;/q;;;;;;;;2*+1;-1/p-1. The van der Waals surface area contributed by atoms with Gasteiger partial charge in [-0.1, -0.05) is 218 Å². The molecule has 0 fully saturated rings. The first-order valence-corrected chi connectivity index (χ1v) is 49.2. The number of hydrogen-bond acceptors (Lipinski definition) is 20. The van der Waals surface area contributed by atoms with Crippen molar-refractivity contribution < 1.29 is 191 Å².